The third kappa shape index (κ3) is 4.27. The second kappa shape index (κ2) is 8.27. The minimum atomic E-state index is -0.144. The molecule has 6 heteroatoms. The highest BCUT2D eigenvalue weighted by molar-refractivity contribution is 5.91. The Morgan fingerprint density at radius 2 is 2.16 bits per heavy atom. The van der Waals surface area contributed by atoms with Crippen LogP contribution in [0.25, 0.3) is 0 Å². The SMILES string of the molecule is CNC(=O)c1ccn([C@H]2CCCN(C[C@H](OC)c3ccccc3)C2)n1. The number of carbonyl (C=O) groups is 1. The van der Waals surface area contributed by atoms with Crippen LogP contribution in [0.1, 0.15) is 41.0 Å². The lowest BCUT2D eigenvalue weighted by atomic mass is 10.0. The second-order valence-corrected chi connectivity index (χ2v) is 6.45. The van der Waals surface area contributed by atoms with Gasteiger partial charge in [0.15, 0.2) is 0 Å². The lowest BCUT2D eigenvalue weighted by Gasteiger charge is -2.34. The molecule has 1 fully saturated rings. The molecule has 1 aromatic carbocycles. The van der Waals surface area contributed by atoms with Crippen molar-refractivity contribution in [2.45, 2.75) is 25.0 Å². The summed E-state index contributed by atoms with van der Waals surface area (Å²) in [7, 11) is 3.39. The fourth-order valence-electron chi connectivity index (χ4n) is 3.42. The molecule has 6 nitrogen and oxygen atoms in total. The fraction of sp³-hybridized carbons (Fsp3) is 0.474. The van der Waals surface area contributed by atoms with Crippen molar-refractivity contribution in [2.75, 3.05) is 33.8 Å². The van der Waals surface area contributed by atoms with Crippen molar-refractivity contribution in [1.29, 1.82) is 0 Å². The quantitative estimate of drug-likeness (QED) is 0.875. The summed E-state index contributed by atoms with van der Waals surface area (Å²) in [5.41, 5.74) is 1.67. The van der Waals surface area contributed by atoms with Crippen LogP contribution in [0.3, 0.4) is 0 Å². The largest absolute Gasteiger partial charge is 0.375 e. The van der Waals surface area contributed by atoms with Gasteiger partial charge in [0, 0.05) is 33.4 Å². The molecule has 0 unspecified atom stereocenters. The number of hydrogen-bond donors (Lipinski definition) is 1. The Morgan fingerprint density at radius 1 is 1.36 bits per heavy atom. The Labute approximate surface area is 148 Å². The van der Waals surface area contributed by atoms with Crippen LogP contribution >= 0.6 is 0 Å². The van der Waals surface area contributed by atoms with Crippen LogP contribution in [-0.4, -0.2) is 54.4 Å². The molecule has 2 heterocycles. The number of methoxy groups -OCH3 is 1. The third-order valence-electron chi connectivity index (χ3n) is 4.80. The minimum Gasteiger partial charge on any atom is -0.375 e. The van der Waals surface area contributed by atoms with Crippen LogP contribution in [0.15, 0.2) is 42.6 Å². The summed E-state index contributed by atoms with van der Waals surface area (Å²) in [4.78, 5) is 14.1. The molecular formula is C19H26N4O2. The number of amides is 1. The number of benzene rings is 1. The first kappa shape index (κ1) is 17.6. The topological polar surface area (TPSA) is 59.4 Å². The first-order valence-electron chi connectivity index (χ1n) is 8.78. The minimum absolute atomic E-state index is 0.0685. The molecule has 1 aliphatic heterocycles. The van der Waals surface area contributed by atoms with Gasteiger partial charge in [-0.15, -0.1) is 0 Å². The molecule has 1 aliphatic rings. The number of hydrogen-bond acceptors (Lipinski definition) is 4. The maximum Gasteiger partial charge on any atom is 0.271 e. The van der Waals surface area contributed by atoms with Gasteiger partial charge < -0.3 is 10.1 Å². The van der Waals surface area contributed by atoms with Gasteiger partial charge in [0.2, 0.25) is 0 Å². The van der Waals surface area contributed by atoms with E-state index in [4.69, 9.17) is 4.74 Å². The zero-order valence-electron chi connectivity index (χ0n) is 14.9. The molecule has 0 aliphatic carbocycles. The Bertz CT molecular complexity index is 686. The van der Waals surface area contributed by atoms with Gasteiger partial charge in [0.1, 0.15) is 5.69 Å². The second-order valence-electron chi connectivity index (χ2n) is 6.45. The Morgan fingerprint density at radius 3 is 2.88 bits per heavy atom. The molecule has 2 atom stereocenters. The van der Waals surface area contributed by atoms with Crippen molar-refractivity contribution in [3.05, 3.63) is 53.9 Å². The number of likely N-dealkylation sites (tertiary alicyclic amines) is 1. The normalized spacial score (nSPS) is 19.5. The van der Waals surface area contributed by atoms with Crippen molar-refractivity contribution in [3.63, 3.8) is 0 Å². The van der Waals surface area contributed by atoms with E-state index in [1.807, 2.05) is 29.1 Å². The van der Waals surface area contributed by atoms with E-state index in [2.05, 4.69) is 27.4 Å². The van der Waals surface area contributed by atoms with Gasteiger partial charge in [-0.25, -0.2) is 0 Å². The zero-order chi connectivity index (χ0) is 17.6. The molecule has 1 saturated heterocycles. The molecule has 25 heavy (non-hydrogen) atoms. The highest BCUT2D eigenvalue weighted by Gasteiger charge is 2.25. The van der Waals surface area contributed by atoms with Crippen molar-refractivity contribution in [3.8, 4) is 0 Å². The summed E-state index contributed by atoms with van der Waals surface area (Å²) >= 11 is 0. The fourth-order valence-corrected chi connectivity index (χ4v) is 3.42. The molecule has 1 N–H and O–H groups in total. The number of aromatic nitrogens is 2. The van der Waals surface area contributed by atoms with E-state index in [1.165, 1.54) is 5.56 Å². The summed E-state index contributed by atoms with van der Waals surface area (Å²) in [6, 6.07) is 12.4. The molecule has 1 amide bonds. The lowest BCUT2D eigenvalue weighted by Crippen LogP contribution is -2.39. The summed E-state index contributed by atoms with van der Waals surface area (Å²) in [6.07, 6.45) is 4.17. The van der Waals surface area contributed by atoms with Gasteiger partial charge in [-0.1, -0.05) is 30.3 Å². The van der Waals surface area contributed by atoms with E-state index >= 15 is 0 Å². The average Bonchev–Trinajstić information content (AvgIpc) is 3.16. The predicted molar refractivity (Wildman–Crippen MR) is 96.5 cm³/mol. The molecule has 2 aromatic rings. The monoisotopic (exact) mass is 342 g/mol. The van der Waals surface area contributed by atoms with Crippen molar-refractivity contribution < 1.29 is 9.53 Å². The lowest BCUT2D eigenvalue weighted by molar-refractivity contribution is 0.0474. The third-order valence-corrected chi connectivity index (χ3v) is 4.80. The van der Waals surface area contributed by atoms with Crippen LogP contribution in [-0.2, 0) is 4.74 Å². The van der Waals surface area contributed by atoms with Crippen molar-refractivity contribution >= 4 is 5.91 Å². The number of rotatable bonds is 6. The van der Waals surface area contributed by atoms with E-state index < -0.39 is 0 Å². The smallest absolute Gasteiger partial charge is 0.271 e. The number of carbonyl (C=O) groups excluding carboxylic acids is 1. The summed E-state index contributed by atoms with van der Waals surface area (Å²) in [6.45, 7) is 2.84. The molecular weight excluding hydrogens is 316 g/mol. The number of nitrogens with zero attached hydrogens (tertiary/aromatic N) is 3. The van der Waals surface area contributed by atoms with Gasteiger partial charge in [-0.2, -0.15) is 5.10 Å². The molecule has 1 aromatic heterocycles. The summed E-state index contributed by atoms with van der Waals surface area (Å²) in [5.74, 6) is -0.144. The van der Waals surface area contributed by atoms with Crippen LogP contribution in [0.5, 0.6) is 0 Å². The first-order chi connectivity index (χ1) is 12.2. The highest BCUT2D eigenvalue weighted by Crippen LogP contribution is 2.25. The van der Waals surface area contributed by atoms with Crippen LogP contribution < -0.4 is 5.32 Å². The molecule has 0 bridgehead atoms. The molecule has 134 valence electrons. The van der Waals surface area contributed by atoms with E-state index in [0.717, 1.165) is 32.5 Å². The summed E-state index contributed by atoms with van der Waals surface area (Å²) in [5, 5.41) is 7.06. The summed E-state index contributed by atoms with van der Waals surface area (Å²) < 4.78 is 7.64. The Balaban J connectivity index is 1.64. The van der Waals surface area contributed by atoms with Crippen LogP contribution in [0.4, 0.5) is 0 Å². The molecule has 0 saturated carbocycles. The van der Waals surface area contributed by atoms with E-state index in [0.29, 0.717) is 11.7 Å². The maximum atomic E-state index is 11.7. The molecule has 0 radical (unpaired) electrons. The van der Waals surface area contributed by atoms with E-state index in [-0.39, 0.29) is 12.0 Å². The first-order valence-corrected chi connectivity index (χ1v) is 8.78. The highest BCUT2D eigenvalue weighted by atomic mass is 16.5. The molecule has 0 spiro atoms. The maximum absolute atomic E-state index is 11.7. The average molecular weight is 342 g/mol. The standard InChI is InChI=1S/C19H26N4O2/c1-20-19(24)17-10-12-23(21-17)16-9-6-11-22(13-16)14-18(25-2)15-7-4-3-5-8-15/h3-5,7-8,10,12,16,18H,6,9,11,13-14H2,1-2H3,(H,20,24)/t16-,18-/m0/s1. The number of piperidine rings is 1. The number of ether oxygens (including phenoxy) is 1. The zero-order valence-corrected chi connectivity index (χ0v) is 14.9. The van der Waals surface area contributed by atoms with E-state index in [1.54, 1.807) is 20.2 Å². The van der Waals surface area contributed by atoms with Gasteiger partial charge in [0.05, 0.1) is 12.1 Å². The van der Waals surface area contributed by atoms with Gasteiger partial charge >= 0.3 is 0 Å². The Hall–Kier alpha value is -2.18. The Kier molecular flexibility index (Phi) is 5.83. The predicted octanol–water partition coefficient (Wildman–Crippen LogP) is 2.27. The van der Waals surface area contributed by atoms with Crippen molar-refractivity contribution in [2.24, 2.45) is 0 Å². The van der Waals surface area contributed by atoms with E-state index in [9.17, 15) is 4.79 Å². The van der Waals surface area contributed by atoms with Gasteiger partial charge in [-0.05, 0) is 31.0 Å². The van der Waals surface area contributed by atoms with Gasteiger partial charge in [0.25, 0.3) is 5.91 Å². The van der Waals surface area contributed by atoms with Crippen molar-refractivity contribution in [1.82, 2.24) is 20.0 Å². The number of nitrogens with one attached hydrogen (secondary N) is 1. The van der Waals surface area contributed by atoms with Crippen LogP contribution in [0, 0.1) is 0 Å². The van der Waals surface area contributed by atoms with Crippen LogP contribution in [0.2, 0.25) is 0 Å². The molecule has 3 rings (SSSR count). The van der Waals surface area contributed by atoms with Gasteiger partial charge in [-0.3, -0.25) is 14.4 Å².